The lowest BCUT2D eigenvalue weighted by Gasteiger charge is -2.34. The first kappa shape index (κ1) is 22.0. The van der Waals surface area contributed by atoms with Gasteiger partial charge in [-0.3, -0.25) is 15.1 Å². The lowest BCUT2D eigenvalue weighted by molar-refractivity contribution is -0.116. The number of para-hydroxylation sites is 2. The van der Waals surface area contributed by atoms with E-state index in [0.717, 1.165) is 21.7 Å². The van der Waals surface area contributed by atoms with E-state index in [0.29, 0.717) is 28.1 Å². The van der Waals surface area contributed by atoms with Crippen LogP contribution < -0.4 is 25.4 Å². The summed E-state index contributed by atoms with van der Waals surface area (Å²) in [7, 11) is 3.19. The van der Waals surface area contributed by atoms with Crippen LogP contribution in [0.2, 0.25) is 0 Å². The maximum atomic E-state index is 13.3. The van der Waals surface area contributed by atoms with Crippen molar-refractivity contribution in [1.82, 2.24) is 10.3 Å². The zero-order valence-electron chi connectivity index (χ0n) is 19.1. The minimum absolute atomic E-state index is 0.212. The molecule has 3 aromatic rings. The molecular weight excluding hydrogens is 448 g/mol. The Bertz CT molecular complexity index is 1400. The van der Waals surface area contributed by atoms with E-state index in [9.17, 15) is 4.79 Å². The minimum Gasteiger partial charge on any atom is -0.493 e. The Morgan fingerprint density at radius 2 is 1.79 bits per heavy atom. The molecule has 0 saturated heterocycles. The monoisotopic (exact) mass is 472 g/mol. The molecule has 2 aliphatic heterocycles. The number of amidine groups is 1. The van der Waals surface area contributed by atoms with Gasteiger partial charge in [0.15, 0.2) is 22.8 Å². The number of hydrogen-bond acceptors (Lipinski definition) is 7. The van der Waals surface area contributed by atoms with Crippen molar-refractivity contribution in [2.75, 3.05) is 14.2 Å². The lowest BCUT2D eigenvalue weighted by Crippen LogP contribution is -2.50. The molecule has 1 unspecified atom stereocenters. The number of rotatable bonds is 5. The standard InChI is InChI=1S/C26H24N4O3S/c1-16-11-13-17(14-12-16)15-34-26-28-25(31)22-18-7-4-5-9-20(18)27-24(30(22)29-26)19-8-6-10-21(32-2)23(19)33-3/h4-14,24H,15H2,1-3H3,(H,28,29,31). The van der Waals surface area contributed by atoms with Gasteiger partial charge in [0, 0.05) is 16.5 Å². The summed E-state index contributed by atoms with van der Waals surface area (Å²) in [5.74, 6) is 1.63. The molecular formula is C26H24N4O3S. The smallest absolute Gasteiger partial charge is 0.276 e. The number of carbonyl (C=O) groups is 1. The summed E-state index contributed by atoms with van der Waals surface area (Å²) in [6.07, 6.45) is -0.587. The van der Waals surface area contributed by atoms with Crippen molar-refractivity contribution in [3.63, 3.8) is 0 Å². The molecule has 0 fully saturated rings. The largest absolute Gasteiger partial charge is 0.493 e. The lowest BCUT2D eigenvalue weighted by atomic mass is 10.1. The molecule has 0 saturated carbocycles. The highest BCUT2D eigenvalue weighted by molar-refractivity contribution is 8.13. The molecule has 2 heterocycles. The fourth-order valence-electron chi connectivity index (χ4n) is 4.05. The number of hydrazone groups is 1. The van der Waals surface area contributed by atoms with Gasteiger partial charge >= 0.3 is 0 Å². The van der Waals surface area contributed by atoms with Gasteiger partial charge in [-0.2, -0.15) is 0 Å². The van der Waals surface area contributed by atoms with Crippen molar-refractivity contribution >= 4 is 28.5 Å². The van der Waals surface area contributed by atoms with Crippen LogP contribution in [-0.4, -0.2) is 30.3 Å². The van der Waals surface area contributed by atoms with Crippen LogP contribution in [0.4, 0.5) is 0 Å². The number of amides is 1. The number of benzene rings is 3. The summed E-state index contributed by atoms with van der Waals surface area (Å²) in [5, 5.41) is 11.5. The average molecular weight is 473 g/mol. The summed E-state index contributed by atoms with van der Waals surface area (Å²) in [6, 6.07) is 21.5. The van der Waals surface area contributed by atoms with Crippen LogP contribution in [0.3, 0.4) is 0 Å². The second kappa shape index (κ2) is 9.23. The molecule has 0 spiro atoms. The van der Waals surface area contributed by atoms with Crippen LogP contribution >= 0.6 is 11.8 Å². The third-order valence-electron chi connectivity index (χ3n) is 5.72. The van der Waals surface area contributed by atoms with E-state index in [1.54, 1.807) is 19.2 Å². The van der Waals surface area contributed by atoms with Crippen molar-refractivity contribution in [3.8, 4) is 11.5 Å². The molecule has 8 heteroatoms. The van der Waals surface area contributed by atoms with E-state index in [2.05, 4.69) is 36.5 Å². The zero-order chi connectivity index (χ0) is 23.7. The van der Waals surface area contributed by atoms with Gasteiger partial charge in [-0.25, -0.2) is 5.01 Å². The Kier molecular flexibility index (Phi) is 5.98. The molecule has 3 aromatic carbocycles. The third-order valence-corrected chi connectivity index (χ3v) is 6.66. The number of carbonyl (C=O) groups excluding carboxylic acids is 1. The summed E-state index contributed by atoms with van der Waals surface area (Å²) in [4.78, 5) is 18.3. The van der Waals surface area contributed by atoms with E-state index in [1.807, 2.05) is 42.5 Å². The third kappa shape index (κ3) is 4.01. The summed E-state index contributed by atoms with van der Waals surface area (Å²) in [6.45, 7) is 2.06. The average Bonchev–Trinajstić information content (AvgIpc) is 2.87. The highest BCUT2D eigenvalue weighted by Crippen LogP contribution is 2.40. The normalized spacial score (nSPS) is 16.6. The Hall–Kier alpha value is -3.78. The first-order chi connectivity index (χ1) is 16.6. The highest BCUT2D eigenvalue weighted by Gasteiger charge is 2.36. The predicted molar refractivity (Wildman–Crippen MR) is 133 cm³/mol. The van der Waals surface area contributed by atoms with Gasteiger partial charge in [-0.1, -0.05) is 71.9 Å². The maximum absolute atomic E-state index is 13.3. The second-order valence-electron chi connectivity index (χ2n) is 7.93. The van der Waals surface area contributed by atoms with Gasteiger partial charge in [0.25, 0.3) is 5.91 Å². The van der Waals surface area contributed by atoms with Crippen LogP contribution in [0.15, 0.2) is 76.8 Å². The van der Waals surface area contributed by atoms with Crippen LogP contribution in [0.1, 0.15) is 22.9 Å². The van der Waals surface area contributed by atoms with Crippen molar-refractivity contribution in [2.24, 2.45) is 10.1 Å². The number of hydrogen-bond donors (Lipinski definition) is 1. The van der Waals surface area contributed by atoms with Crippen molar-refractivity contribution in [1.29, 1.82) is 0 Å². The zero-order valence-corrected chi connectivity index (χ0v) is 19.9. The number of nitrogens with one attached hydrogen (secondary N) is 1. The molecule has 0 radical (unpaired) electrons. The molecule has 0 aliphatic carbocycles. The van der Waals surface area contributed by atoms with Gasteiger partial charge < -0.3 is 9.47 Å². The molecule has 0 aromatic heterocycles. The van der Waals surface area contributed by atoms with Crippen LogP contribution in [0, 0.1) is 6.92 Å². The Morgan fingerprint density at radius 1 is 1.00 bits per heavy atom. The fraction of sp³-hybridized carbons (Fsp3) is 0.192. The van der Waals surface area contributed by atoms with E-state index < -0.39 is 6.17 Å². The van der Waals surface area contributed by atoms with Gasteiger partial charge in [0.2, 0.25) is 0 Å². The molecule has 7 nitrogen and oxygen atoms in total. The number of fused-ring (bicyclic) bond motifs is 2. The SMILES string of the molecule is COc1cccc(C2N=c3ccccc3=C3C(=O)NC(SCc4ccc(C)cc4)=NN32)c1OC. The molecule has 172 valence electrons. The van der Waals surface area contributed by atoms with Crippen LogP contribution in [-0.2, 0) is 10.5 Å². The topological polar surface area (TPSA) is 75.5 Å². The summed E-state index contributed by atoms with van der Waals surface area (Å²) < 4.78 is 11.2. The quantitative estimate of drug-likeness (QED) is 0.618. The predicted octanol–water partition coefficient (Wildman–Crippen LogP) is 3.09. The van der Waals surface area contributed by atoms with Gasteiger partial charge in [-0.05, 0) is 24.6 Å². The van der Waals surface area contributed by atoms with E-state index in [-0.39, 0.29) is 5.91 Å². The molecule has 0 bridgehead atoms. The molecule has 5 rings (SSSR count). The van der Waals surface area contributed by atoms with E-state index in [4.69, 9.17) is 19.6 Å². The van der Waals surface area contributed by atoms with Crippen LogP contribution in [0.5, 0.6) is 11.5 Å². The Morgan fingerprint density at radius 3 is 2.56 bits per heavy atom. The van der Waals surface area contributed by atoms with Gasteiger partial charge in [0.05, 0.1) is 19.6 Å². The Labute approximate surface area is 201 Å². The summed E-state index contributed by atoms with van der Waals surface area (Å²) >= 11 is 1.48. The van der Waals surface area contributed by atoms with E-state index >= 15 is 0 Å². The minimum atomic E-state index is -0.587. The molecule has 1 atom stereocenters. The highest BCUT2D eigenvalue weighted by atomic mass is 32.2. The molecule has 34 heavy (non-hydrogen) atoms. The molecule has 2 aliphatic rings. The van der Waals surface area contributed by atoms with Crippen LogP contribution in [0.25, 0.3) is 5.70 Å². The van der Waals surface area contributed by atoms with Gasteiger partial charge in [-0.15, -0.1) is 5.10 Å². The number of nitrogens with zero attached hydrogens (tertiary/aromatic N) is 3. The molecule has 1 amide bonds. The number of aryl methyl sites for hydroxylation is 1. The number of methoxy groups -OCH3 is 2. The Balaban J connectivity index is 1.59. The summed E-state index contributed by atoms with van der Waals surface area (Å²) in [5.41, 5.74) is 3.58. The first-order valence-electron chi connectivity index (χ1n) is 10.8. The second-order valence-corrected chi connectivity index (χ2v) is 8.89. The fourth-order valence-corrected chi connectivity index (χ4v) is 4.85. The van der Waals surface area contributed by atoms with Gasteiger partial charge in [0.1, 0.15) is 5.70 Å². The first-order valence-corrected chi connectivity index (χ1v) is 11.8. The van der Waals surface area contributed by atoms with Crippen molar-refractivity contribution in [2.45, 2.75) is 18.8 Å². The van der Waals surface area contributed by atoms with Crippen molar-refractivity contribution < 1.29 is 14.3 Å². The van der Waals surface area contributed by atoms with E-state index in [1.165, 1.54) is 17.3 Å². The maximum Gasteiger partial charge on any atom is 0.276 e. The molecule has 1 N–H and O–H groups in total. The number of ether oxygens (including phenoxy) is 2. The number of thioether (sulfide) groups is 1. The van der Waals surface area contributed by atoms with Crippen molar-refractivity contribution in [3.05, 3.63) is 94.0 Å².